The molecule has 3 aromatic rings. The van der Waals surface area contributed by atoms with Crippen LogP contribution in [0.25, 0.3) is 21.9 Å². The van der Waals surface area contributed by atoms with Crippen LogP contribution in [0.3, 0.4) is 0 Å². The highest BCUT2D eigenvalue weighted by Gasteiger charge is 2.08. The standard InChI is InChI=1S/C12H6ClO/c13-9-5-3-7-11-12(9)8-4-1-2-6-10(8)14-11/h2-7H. The van der Waals surface area contributed by atoms with Crippen LogP contribution >= 0.6 is 11.6 Å². The number of rotatable bonds is 0. The van der Waals surface area contributed by atoms with Gasteiger partial charge in [0.1, 0.15) is 11.2 Å². The second-order valence-corrected chi connectivity index (χ2v) is 3.54. The first-order valence-corrected chi connectivity index (χ1v) is 4.71. The molecule has 1 radical (unpaired) electrons. The maximum absolute atomic E-state index is 6.10. The molecule has 2 heteroatoms. The highest BCUT2D eigenvalue weighted by Crippen LogP contribution is 2.33. The van der Waals surface area contributed by atoms with Crippen LogP contribution < -0.4 is 0 Å². The molecule has 1 heterocycles. The maximum atomic E-state index is 6.10. The first-order chi connectivity index (χ1) is 6.86. The highest BCUT2D eigenvalue weighted by molar-refractivity contribution is 6.37. The average Bonchev–Trinajstić information content (AvgIpc) is 2.57. The van der Waals surface area contributed by atoms with E-state index in [-0.39, 0.29) is 0 Å². The summed E-state index contributed by atoms with van der Waals surface area (Å²) in [6.45, 7) is 0. The molecule has 1 nitrogen and oxygen atoms in total. The lowest BCUT2D eigenvalue weighted by molar-refractivity contribution is 0.669. The molecule has 0 spiro atoms. The van der Waals surface area contributed by atoms with E-state index < -0.39 is 0 Å². The lowest BCUT2D eigenvalue weighted by atomic mass is 10.1. The zero-order chi connectivity index (χ0) is 9.54. The molecular formula is C12H6ClO. The van der Waals surface area contributed by atoms with Crippen molar-refractivity contribution in [2.24, 2.45) is 0 Å². The van der Waals surface area contributed by atoms with Gasteiger partial charge in [0.05, 0.1) is 5.02 Å². The zero-order valence-corrected chi connectivity index (χ0v) is 8.01. The van der Waals surface area contributed by atoms with E-state index in [2.05, 4.69) is 6.07 Å². The third kappa shape index (κ3) is 0.962. The number of hydrogen-bond acceptors (Lipinski definition) is 1. The third-order valence-electron chi connectivity index (χ3n) is 2.29. The van der Waals surface area contributed by atoms with Crippen LogP contribution in [0.2, 0.25) is 5.02 Å². The van der Waals surface area contributed by atoms with Crippen molar-refractivity contribution in [1.82, 2.24) is 0 Å². The molecule has 2 aromatic carbocycles. The summed E-state index contributed by atoms with van der Waals surface area (Å²) in [4.78, 5) is 0. The van der Waals surface area contributed by atoms with Crippen LogP contribution in [-0.4, -0.2) is 0 Å². The first kappa shape index (κ1) is 7.89. The summed E-state index contributed by atoms with van der Waals surface area (Å²) >= 11 is 6.10. The second kappa shape index (κ2) is 2.76. The van der Waals surface area contributed by atoms with Gasteiger partial charge in [-0.15, -0.1) is 0 Å². The van der Waals surface area contributed by atoms with E-state index in [1.54, 1.807) is 0 Å². The van der Waals surface area contributed by atoms with E-state index in [4.69, 9.17) is 16.0 Å². The SMILES string of the molecule is Clc1cccc2oc3cc[c]cc3c12. The minimum atomic E-state index is 0.723. The van der Waals surface area contributed by atoms with Gasteiger partial charge in [0.2, 0.25) is 0 Å². The van der Waals surface area contributed by atoms with Gasteiger partial charge >= 0.3 is 0 Å². The Hall–Kier alpha value is -1.47. The van der Waals surface area contributed by atoms with E-state index in [1.807, 2.05) is 36.4 Å². The van der Waals surface area contributed by atoms with Gasteiger partial charge in [-0.25, -0.2) is 0 Å². The zero-order valence-electron chi connectivity index (χ0n) is 7.25. The van der Waals surface area contributed by atoms with Crippen molar-refractivity contribution in [3.8, 4) is 0 Å². The largest absolute Gasteiger partial charge is 0.456 e. The summed E-state index contributed by atoms with van der Waals surface area (Å²) in [5.74, 6) is 0. The molecule has 0 aliphatic carbocycles. The van der Waals surface area contributed by atoms with Gasteiger partial charge in [-0.05, 0) is 30.3 Å². The Bertz CT molecular complexity index is 610. The summed E-state index contributed by atoms with van der Waals surface area (Å²) < 4.78 is 5.63. The van der Waals surface area contributed by atoms with E-state index in [0.29, 0.717) is 0 Å². The van der Waals surface area contributed by atoms with Gasteiger partial charge in [-0.3, -0.25) is 0 Å². The van der Waals surface area contributed by atoms with Crippen LogP contribution in [0, 0.1) is 6.07 Å². The van der Waals surface area contributed by atoms with Crippen molar-refractivity contribution in [2.75, 3.05) is 0 Å². The molecule has 0 N–H and O–H groups in total. The van der Waals surface area contributed by atoms with Gasteiger partial charge in [-0.2, -0.15) is 0 Å². The van der Waals surface area contributed by atoms with Crippen molar-refractivity contribution in [3.63, 3.8) is 0 Å². The predicted octanol–water partition coefficient (Wildman–Crippen LogP) is 4.04. The van der Waals surface area contributed by atoms with Crippen molar-refractivity contribution in [2.45, 2.75) is 0 Å². The van der Waals surface area contributed by atoms with Crippen LogP contribution in [0.4, 0.5) is 0 Å². The van der Waals surface area contributed by atoms with Gasteiger partial charge in [-0.1, -0.05) is 23.7 Å². The third-order valence-corrected chi connectivity index (χ3v) is 2.60. The molecule has 0 amide bonds. The van der Waals surface area contributed by atoms with E-state index in [1.165, 1.54) is 0 Å². The van der Waals surface area contributed by atoms with Gasteiger partial charge in [0, 0.05) is 10.8 Å². The minimum Gasteiger partial charge on any atom is -0.456 e. The molecule has 0 atom stereocenters. The summed E-state index contributed by atoms with van der Waals surface area (Å²) in [6, 6.07) is 14.3. The molecule has 67 valence electrons. The smallest absolute Gasteiger partial charge is 0.136 e. The maximum Gasteiger partial charge on any atom is 0.136 e. The van der Waals surface area contributed by atoms with Gasteiger partial charge < -0.3 is 4.42 Å². The number of benzene rings is 2. The number of halogens is 1. The first-order valence-electron chi connectivity index (χ1n) is 4.33. The quantitative estimate of drug-likeness (QED) is 0.535. The Morgan fingerprint density at radius 1 is 1.14 bits per heavy atom. The summed E-state index contributed by atoms with van der Waals surface area (Å²) in [5, 5.41) is 2.72. The molecule has 3 rings (SSSR count). The van der Waals surface area contributed by atoms with E-state index in [9.17, 15) is 0 Å². The second-order valence-electron chi connectivity index (χ2n) is 3.14. The predicted molar refractivity (Wildman–Crippen MR) is 57.6 cm³/mol. The summed E-state index contributed by atoms with van der Waals surface area (Å²) in [7, 11) is 0. The Balaban J connectivity index is 2.65. The number of fused-ring (bicyclic) bond motifs is 3. The topological polar surface area (TPSA) is 13.1 Å². The fourth-order valence-electron chi connectivity index (χ4n) is 1.67. The summed E-state index contributed by atoms with van der Waals surface area (Å²) in [6.07, 6.45) is 0. The Kier molecular flexibility index (Phi) is 1.55. The molecule has 0 aliphatic heterocycles. The van der Waals surface area contributed by atoms with Gasteiger partial charge in [0.15, 0.2) is 0 Å². The van der Waals surface area contributed by atoms with Gasteiger partial charge in [0.25, 0.3) is 0 Å². The number of hydrogen-bond donors (Lipinski definition) is 0. The van der Waals surface area contributed by atoms with Crippen LogP contribution in [-0.2, 0) is 0 Å². The van der Waals surface area contributed by atoms with Crippen LogP contribution in [0.1, 0.15) is 0 Å². The van der Waals surface area contributed by atoms with Crippen LogP contribution in [0.5, 0.6) is 0 Å². The minimum absolute atomic E-state index is 0.723. The molecular weight excluding hydrogens is 196 g/mol. The normalized spacial score (nSPS) is 11.2. The molecule has 14 heavy (non-hydrogen) atoms. The highest BCUT2D eigenvalue weighted by atomic mass is 35.5. The fraction of sp³-hybridized carbons (Fsp3) is 0. The number of furan rings is 1. The molecule has 0 unspecified atom stereocenters. The Morgan fingerprint density at radius 3 is 3.00 bits per heavy atom. The Morgan fingerprint density at radius 2 is 2.07 bits per heavy atom. The average molecular weight is 202 g/mol. The summed E-state index contributed by atoms with van der Waals surface area (Å²) in [5.41, 5.74) is 1.68. The van der Waals surface area contributed by atoms with Crippen molar-refractivity contribution < 1.29 is 4.42 Å². The molecule has 0 aliphatic rings. The lowest BCUT2D eigenvalue weighted by Crippen LogP contribution is -1.67. The molecule has 0 saturated heterocycles. The van der Waals surface area contributed by atoms with Crippen LogP contribution in [0.15, 0.2) is 40.8 Å². The molecule has 0 saturated carbocycles. The fourth-order valence-corrected chi connectivity index (χ4v) is 1.94. The van der Waals surface area contributed by atoms with E-state index >= 15 is 0 Å². The van der Waals surface area contributed by atoms with Crippen molar-refractivity contribution in [3.05, 3.63) is 47.5 Å². The molecule has 1 aromatic heterocycles. The van der Waals surface area contributed by atoms with Crippen molar-refractivity contribution >= 4 is 33.5 Å². The van der Waals surface area contributed by atoms with Crippen molar-refractivity contribution in [1.29, 1.82) is 0 Å². The lowest BCUT2D eigenvalue weighted by Gasteiger charge is -1.90. The van der Waals surface area contributed by atoms with E-state index in [0.717, 1.165) is 27.0 Å². The Labute approximate surface area is 85.9 Å². The molecule has 0 bridgehead atoms. The molecule has 0 fully saturated rings. The monoisotopic (exact) mass is 201 g/mol.